The third-order valence-corrected chi connectivity index (χ3v) is 13.4. The molecule has 6 heteroatoms. The highest BCUT2D eigenvalue weighted by Gasteiger charge is 2.24. The van der Waals surface area contributed by atoms with Crippen LogP contribution in [0.15, 0.2) is 193 Å². The van der Waals surface area contributed by atoms with Gasteiger partial charge < -0.3 is 9.13 Å². The fourth-order valence-corrected chi connectivity index (χ4v) is 10.5. The Hall–Kier alpha value is -6.86. The molecule has 7 aromatic carbocycles. The van der Waals surface area contributed by atoms with E-state index in [1.807, 2.05) is 0 Å². The number of nitrogens with zero attached hydrogens (tertiary/aromatic N) is 4. The van der Waals surface area contributed by atoms with E-state index >= 15 is 0 Å². The van der Waals surface area contributed by atoms with Gasteiger partial charge in [0.2, 0.25) is 0 Å². The lowest BCUT2D eigenvalue weighted by Crippen LogP contribution is -2.14. The fourth-order valence-electron chi connectivity index (χ4n) is 8.68. The van der Waals surface area contributed by atoms with Gasteiger partial charge in [-0.2, -0.15) is 0 Å². The van der Waals surface area contributed by atoms with Gasteiger partial charge in [0.1, 0.15) is 11.6 Å². The number of hydrogen-bond donors (Lipinski definition) is 0. The van der Waals surface area contributed by atoms with Gasteiger partial charge in [0.25, 0.3) is 0 Å². The first-order valence-corrected chi connectivity index (χ1v) is 21.3. The van der Waals surface area contributed by atoms with Crippen molar-refractivity contribution in [3.63, 3.8) is 0 Å². The summed E-state index contributed by atoms with van der Waals surface area (Å²) in [7, 11) is 4.37. The molecule has 0 aliphatic heterocycles. The SMILES string of the molecule is Cn1c(-c2ccc(-c3ccc(N(c4cccc5ccccc45)c4csc5ccccc45)n3C)cc2)ccc1N(c1cccc2ccccc12)c1csc2ccccc12. The summed E-state index contributed by atoms with van der Waals surface area (Å²) in [5.41, 5.74) is 9.36. The van der Waals surface area contributed by atoms with Crippen molar-refractivity contribution in [2.45, 2.75) is 0 Å². The molecule has 58 heavy (non-hydrogen) atoms. The molecule has 0 atom stereocenters. The molecule has 0 radical (unpaired) electrons. The van der Waals surface area contributed by atoms with Crippen molar-refractivity contribution < 1.29 is 0 Å². The summed E-state index contributed by atoms with van der Waals surface area (Å²) in [6.07, 6.45) is 0. The van der Waals surface area contributed by atoms with Crippen molar-refractivity contribution in [3.8, 4) is 22.5 Å². The highest BCUT2D eigenvalue weighted by Crippen LogP contribution is 2.47. The van der Waals surface area contributed by atoms with Gasteiger partial charge in [-0.25, -0.2) is 0 Å². The lowest BCUT2D eigenvalue weighted by atomic mass is 10.1. The van der Waals surface area contributed by atoms with Crippen molar-refractivity contribution >= 4 is 98.8 Å². The Labute approximate surface area is 345 Å². The molecular formula is C52H38N4S2. The summed E-state index contributed by atoms with van der Waals surface area (Å²) < 4.78 is 7.22. The monoisotopic (exact) mass is 782 g/mol. The van der Waals surface area contributed by atoms with Crippen molar-refractivity contribution in [1.29, 1.82) is 0 Å². The Balaban J connectivity index is 0.986. The van der Waals surface area contributed by atoms with Crippen LogP contribution >= 0.6 is 22.7 Å². The van der Waals surface area contributed by atoms with Crippen LogP contribution in [0.4, 0.5) is 34.4 Å². The Morgan fingerprint density at radius 1 is 0.345 bits per heavy atom. The van der Waals surface area contributed by atoms with Crippen LogP contribution < -0.4 is 9.80 Å². The average molecular weight is 783 g/mol. The minimum atomic E-state index is 1.11. The Kier molecular flexibility index (Phi) is 8.28. The third-order valence-electron chi connectivity index (χ3n) is 11.5. The van der Waals surface area contributed by atoms with E-state index in [4.69, 9.17) is 0 Å². The molecule has 0 spiro atoms. The molecule has 0 aliphatic carbocycles. The summed E-state index contributed by atoms with van der Waals surface area (Å²) in [6, 6.07) is 66.1. The van der Waals surface area contributed by atoms with Crippen LogP contribution in [0.25, 0.3) is 64.2 Å². The molecule has 0 fully saturated rings. The molecule has 0 saturated heterocycles. The number of aromatic nitrogens is 2. The summed E-state index contributed by atoms with van der Waals surface area (Å²) in [5, 5.41) is 12.0. The first kappa shape index (κ1) is 34.4. The fraction of sp³-hybridized carbons (Fsp3) is 0.0385. The zero-order valence-corrected chi connectivity index (χ0v) is 33.7. The summed E-state index contributed by atoms with van der Waals surface area (Å²) in [5.74, 6) is 2.22. The summed E-state index contributed by atoms with van der Waals surface area (Å²) in [4.78, 5) is 4.87. The normalized spacial score (nSPS) is 11.6. The zero-order valence-electron chi connectivity index (χ0n) is 32.1. The number of fused-ring (bicyclic) bond motifs is 4. The topological polar surface area (TPSA) is 16.3 Å². The van der Waals surface area contributed by atoms with Gasteiger partial charge in [0.05, 0.1) is 22.7 Å². The largest absolute Gasteiger partial charge is 0.330 e. The Morgan fingerprint density at radius 3 is 1.17 bits per heavy atom. The lowest BCUT2D eigenvalue weighted by Gasteiger charge is -2.27. The van der Waals surface area contributed by atoms with E-state index in [1.54, 1.807) is 22.7 Å². The second-order valence-electron chi connectivity index (χ2n) is 14.8. The molecule has 0 unspecified atom stereocenters. The van der Waals surface area contributed by atoms with Crippen LogP contribution in [0.1, 0.15) is 0 Å². The highest BCUT2D eigenvalue weighted by atomic mass is 32.1. The first-order chi connectivity index (χ1) is 28.6. The van der Waals surface area contributed by atoms with Gasteiger partial charge in [-0.3, -0.25) is 9.80 Å². The number of hydrogen-bond acceptors (Lipinski definition) is 4. The first-order valence-electron chi connectivity index (χ1n) is 19.5. The van der Waals surface area contributed by atoms with Gasteiger partial charge in [0, 0.05) is 67.2 Å². The second kappa shape index (κ2) is 14.0. The molecule has 11 aromatic rings. The van der Waals surface area contributed by atoms with E-state index in [1.165, 1.54) is 64.2 Å². The quantitative estimate of drug-likeness (QED) is 0.153. The standard InChI is InChI=1S/C52H38N4S2/c1-53-43(29-31-51(53)55(47-33-57-49-23-9-7-19-41(47)49)45-21-11-15-35-13-3-5-17-39(35)45)37-25-27-38(28-26-37)44-30-32-52(54(44)2)56(48-34-58-50-24-10-8-20-42(48)50)46-22-12-16-36-14-4-6-18-40(36)46/h3-34H,1-2H3. The predicted molar refractivity (Wildman–Crippen MR) is 250 cm³/mol. The maximum absolute atomic E-state index is 2.43. The van der Waals surface area contributed by atoms with Gasteiger partial charge >= 0.3 is 0 Å². The Bertz CT molecular complexity index is 3060. The maximum atomic E-state index is 2.43. The van der Waals surface area contributed by atoms with Crippen LogP contribution in [0.5, 0.6) is 0 Å². The van der Waals surface area contributed by atoms with Crippen LogP contribution in [0, 0.1) is 0 Å². The zero-order chi connectivity index (χ0) is 38.7. The summed E-state index contributed by atoms with van der Waals surface area (Å²) >= 11 is 3.59. The van der Waals surface area contributed by atoms with Crippen molar-refractivity contribution in [2.75, 3.05) is 9.80 Å². The number of rotatable bonds is 8. The Morgan fingerprint density at radius 2 is 0.724 bits per heavy atom. The van der Waals surface area contributed by atoms with Crippen molar-refractivity contribution in [2.24, 2.45) is 14.1 Å². The molecule has 0 N–H and O–H groups in total. The number of anilines is 6. The molecule has 0 bridgehead atoms. The smallest absolute Gasteiger partial charge is 0.117 e. The molecule has 278 valence electrons. The van der Waals surface area contributed by atoms with Crippen LogP contribution in [-0.4, -0.2) is 9.13 Å². The van der Waals surface area contributed by atoms with E-state index in [9.17, 15) is 0 Å². The van der Waals surface area contributed by atoms with Crippen LogP contribution in [0.2, 0.25) is 0 Å². The molecule has 0 amide bonds. The van der Waals surface area contributed by atoms with Crippen molar-refractivity contribution in [1.82, 2.24) is 9.13 Å². The molecule has 0 aliphatic rings. The van der Waals surface area contributed by atoms with Gasteiger partial charge in [-0.15, -0.1) is 22.7 Å². The summed E-state index contributed by atoms with van der Waals surface area (Å²) in [6.45, 7) is 0. The van der Waals surface area contributed by atoms with Gasteiger partial charge in [-0.1, -0.05) is 133 Å². The molecule has 4 heterocycles. The van der Waals surface area contributed by atoms with E-state index in [0.29, 0.717) is 0 Å². The predicted octanol–water partition coefficient (Wildman–Crippen LogP) is 15.4. The van der Waals surface area contributed by atoms with E-state index in [2.05, 4.69) is 226 Å². The highest BCUT2D eigenvalue weighted by molar-refractivity contribution is 7.18. The molecule has 4 nitrogen and oxygen atoms in total. The molecule has 11 rings (SSSR count). The van der Waals surface area contributed by atoms with Crippen LogP contribution in [-0.2, 0) is 14.1 Å². The minimum Gasteiger partial charge on any atom is -0.330 e. The lowest BCUT2D eigenvalue weighted by molar-refractivity contribution is 0.921. The molecular weight excluding hydrogens is 745 g/mol. The molecule has 0 saturated carbocycles. The van der Waals surface area contributed by atoms with Crippen molar-refractivity contribution in [3.05, 3.63) is 193 Å². The van der Waals surface area contributed by atoms with Gasteiger partial charge in [0.15, 0.2) is 0 Å². The van der Waals surface area contributed by atoms with Gasteiger partial charge in [-0.05, 0) is 70.4 Å². The minimum absolute atomic E-state index is 1.11. The maximum Gasteiger partial charge on any atom is 0.117 e. The third kappa shape index (κ3) is 5.56. The van der Waals surface area contributed by atoms with E-state index < -0.39 is 0 Å². The number of thiophene rings is 2. The van der Waals surface area contributed by atoms with Crippen LogP contribution in [0.3, 0.4) is 0 Å². The number of benzene rings is 7. The second-order valence-corrected chi connectivity index (χ2v) is 16.6. The van der Waals surface area contributed by atoms with E-state index in [0.717, 1.165) is 34.4 Å². The average Bonchev–Trinajstić information content (AvgIpc) is 4.08. The van der Waals surface area contributed by atoms with E-state index in [-0.39, 0.29) is 0 Å². The molecule has 4 aromatic heterocycles.